The summed E-state index contributed by atoms with van der Waals surface area (Å²) in [4.78, 5) is 4.65. The van der Waals surface area contributed by atoms with Gasteiger partial charge in [0.15, 0.2) is 0 Å². The first-order valence-corrected chi connectivity index (χ1v) is 13.5. The van der Waals surface area contributed by atoms with Gasteiger partial charge in [-0.2, -0.15) is 0 Å². The van der Waals surface area contributed by atoms with Crippen molar-refractivity contribution in [1.29, 1.82) is 0 Å². The number of hydrogen-bond acceptors (Lipinski definition) is 1. The molecule has 1 aromatic carbocycles. The first kappa shape index (κ1) is 24.9. The number of unbranched alkanes of at least 4 members (excludes halogenated alkanes) is 7. The zero-order chi connectivity index (χ0) is 22.6. The first-order valence-electron chi connectivity index (χ1n) is 13.5. The summed E-state index contributed by atoms with van der Waals surface area (Å²) in [7, 11) is 0. The second kappa shape index (κ2) is 13.8. The van der Waals surface area contributed by atoms with Crippen molar-refractivity contribution >= 4 is 0 Å². The van der Waals surface area contributed by atoms with Gasteiger partial charge in [-0.05, 0) is 79.7 Å². The molecule has 0 amide bonds. The van der Waals surface area contributed by atoms with Crippen LogP contribution in [0.2, 0.25) is 0 Å². The van der Waals surface area contributed by atoms with Crippen LogP contribution in [0.25, 0.3) is 11.3 Å². The molecular weight excluding hydrogens is 393 g/mol. The fraction of sp³-hybridized carbons (Fsp3) is 0.633. The number of benzene rings is 1. The summed E-state index contributed by atoms with van der Waals surface area (Å²) in [6.07, 6.45) is 21.3. The molecule has 1 aliphatic carbocycles. The number of halogens is 1. The zero-order valence-electron chi connectivity index (χ0n) is 20.6. The van der Waals surface area contributed by atoms with Crippen LogP contribution in [-0.2, 0) is 6.42 Å². The van der Waals surface area contributed by atoms with Gasteiger partial charge in [-0.3, -0.25) is 4.98 Å². The summed E-state index contributed by atoms with van der Waals surface area (Å²) in [6.45, 7) is 4.54. The third-order valence-corrected chi connectivity index (χ3v) is 7.45. The van der Waals surface area contributed by atoms with Crippen molar-refractivity contribution in [3.05, 3.63) is 53.5 Å². The predicted octanol–water partition coefficient (Wildman–Crippen LogP) is 9.64. The minimum atomic E-state index is -0.137. The maximum absolute atomic E-state index is 14.8. The highest BCUT2D eigenvalue weighted by Crippen LogP contribution is 2.38. The van der Waals surface area contributed by atoms with Crippen molar-refractivity contribution in [1.82, 2.24) is 4.98 Å². The number of rotatable bonds is 13. The quantitative estimate of drug-likeness (QED) is 0.284. The molecule has 0 unspecified atom stereocenters. The van der Waals surface area contributed by atoms with E-state index in [4.69, 9.17) is 0 Å². The number of hydrogen-bond donors (Lipinski definition) is 0. The van der Waals surface area contributed by atoms with E-state index in [9.17, 15) is 4.39 Å². The van der Waals surface area contributed by atoms with E-state index in [0.717, 1.165) is 30.0 Å². The monoisotopic (exact) mass is 437 g/mol. The van der Waals surface area contributed by atoms with Gasteiger partial charge in [-0.15, -0.1) is 0 Å². The van der Waals surface area contributed by atoms with E-state index < -0.39 is 0 Å². The van der Waals surface area contributed by atoms with Crippen molar-refractivity contribution in [2.75, 3.05) is 0 Å². The molecule has 0 saturated heterocycles. The van der Waals surface area contributed by atoms with Crippen LogP contribution in [0.4, 0.5) is 4.39 Å². The Balaban J connectivity index is 1.48. The third kappa shape index (κ3) is 7.71. The van der Waals surface area contributed by atoms with Crippen LogP contribution in [0.15, 0.2) is 36.5 Å². The molecule has 0 N–H and O–H groups in total. The average molecular weight is 438 g/mol. The van der Waals surface area contributed by atoms with Crippen LogP contribution in [0.1, 0.15) is 121 Å². The van der Waals surface area contributed by atoms with Gasteiger partial charge >= 0.3 is 0 Å². The highest BCUT2D eigenvalue weighted by atomic mass is 19.1. The van der Waals surface area contributed by atoms with E-state index in [1.807, 2.05) is 18.3 Å². The van der Waals surface area contributed by atoms with Crippen LogP contribution in [0, 0.1) is 11.7 Å². The van der Waals surface area contributed by atoms with Gasteiger partial charge in [-0.25, -0.2) is 4.39 Å². The largest absolute Gasteiger partial charge is 0.256 e. The maximum atomic E-state index is 14.8. The highest BCUT2D eigenvalue weighted by molar-refractivity contribution is 5.60. The molecule has 0 radical (unpaired) electrons. The minimum absolute atomic E-state index is 0.137. The lowest BCUT2D eigenvalue weighted by atomic mass is 9.77. The summed E-state index contributed by atoms with van der Waals surface area (Å²) in [6, 6.07) is 9.94. The summed E-state index contributed by atoms with van der Waals surface area (Å²) in [5.41, 5.74) is 3.82. The Bertz CT molecular complexity index is 774. The van der Waals surface area contributed by atoms with Crippen LogP contribution < -0.4 is 0 Å². The molecule has 176 valence electrons. The Kier molecular flexibility index (Phi) is 10.7. The molecule has 0 bridgehead atoms. The molecule has 32 heavy (non-hydrogen) atoms. The topological polar surface area (TPSA) is 12.9 Å². The molecule has 1 nitrogen and oxygen atoms in total. The second-order valence-corrected chi connectivity index (χ2v) is 10.0. The van der Waals surface area contributed by atoms with Crippen LogP contribution in [0.5, 0.6) is 0 Å². The van der Waals surface area contributed by atoms with Gasteiger partial charge in [0.25, 0.3) is 0 Å². The van der Waals surface area contributed by atoms with E-state index in [1.165, 1.54) is 89.0 Å². The number of aromatic nitrogens is 1. The molecule has 3 rings (SSSR count). The molecule has 0 atom stereocenters. The van der Waals surface area contributed by atoms with Crippen molar-refractivity contribution in [3.63, 3.8) is 0 Å². The van der Waals surface area contributed by atoms with Gasteiger partial charge < -0.3 is 0 Å². The highest BCUT2D eigenvalue weighted by Gasteiger charge is 2.22. The Morgan fingerprint density at radius 1 is 0.812 bits per heavy atom. The third-order valence-electron chi connectivity index (χ3n) is 7.45. The number of aryl methyl sites for hydroxylation is 1. The van der Waals surface area contributed by atoms with Gasteiger partial charge in [0, 0.05) is 11.8 Å². The van der Waals surface area contributed by atoms with Crippen molar-refractivity contribution in [3.8, 4) is 11.3 Å². The van der Waals surface area contributed by atoms with E-state index in [0.29, 0.717) is 11.5 Å². The SMILES string of the molecule is CCCCCCCCCc1ccc(-c2ccc([C@H]3CC[C@H](CCCC)CC3)cn2)c(F)c1. The molecule has 1 heterocycles. The number of pyridine rings is 1. The Morgan fingerprint density at radius 3 is 2.19 bits per heavy atom. The van der Waals surface area contributed by atoms with Crippen LogP contribution in [0.3, 0.4) is 0 Å². The molecule has 2 heteroatoms. The molecule has 0 aliphatic heterocycles. The van der Waals surface area contributed by atoms with Crippen molar-refractivity contribution in [2.24, 2.45) is 5.92 Å². The lowest BCUT2D eigenvalue weighted by Gasteiger charge is -2.28. The molecule has 1 fully saturated rings. The first-order chi connectivity index (χ1) is 15.7. The molecular formula is C30H44FN. The summed E-state index contributed by atoms with van der Waals surface area (Å²) in [5.74, 6) is 1.41. The lowest BCUT2D eigenvalue weighted by molar-refractivity contribution is 0.304. The average Bonchev–Trinajstić information content (AvgIpc) is 2.83. The normalized spacial score (nSPS) is 18.7. The zero-order valence-corrected chi connectivity index (χ0v) is 20.6. The van der Waals surface area contributed by atoms with Crippen molar-refractivity contribution < 1.29 is 4.39 Å². The standard InChI is InChI=1S/C30H44FN/c1-3-5-7-8-9-10-11-13-25-16-20-28(29(31)22-25)30-21-19-27(23-32-30)26-17-14-24(15-18-26)12-6-4-2/h16,19-24,26H,3-15,17-18H2,1-2H3/t24-,26-. The smallest absolute Gasteiger partial charge is 0.132 e. The van der Waals surface area contributed by atoms with Crippen LogP contribution >= 0.6 is 0 Å². The van der Waals surface area contributed by atoms with Gasteiger partial charge in [-0.1, -0.05) is 83.8 Å². The molecule has 2 aromatic rings. The maximum Gasteiger partial charge on any atom is 0.132 e. The van der Waals surface area contributed by atoms with Crippen LogP contribution in [-0.4, -0.2) is 4.98 Å². The fourth-order valence-corrected chi connectivity index (χ4v) is 5.29. The van der Waals surface area contributed by atoms with E-state index >= 15 is 0 Å². The minimum Gasteiger partial charge on any atom is -0.256 e. The van der Waals surface area contributed by atoms with Gasteiger partial charge in [0.05, 0.1) is 5.69 Å². The predicted molar refractivity (Wildman–Crippen MR) is 136 cm³/mol. The Hall–Kier alpha value is -1.70. The van der Waals surface area contributed by atoms with E-state index in [1.54, 1.807) is 6.07 Å². The molecule has 0 spiro atoms. The van der Waals surface area contributed by atoms with E-state index in [-0.39, 0.29) is 5.82 Å². The molecule has 1 aromatic heterocycles. The second-order valence-electron chi connectivity index (χ2n) is 10.0. The summed E-state index contributed by atoms with van der Waals surface area (Å²) >= 11 is 0. The summed E-state index contributed by atoms with van der Waals surface area (Å²) < 4.78 is 14.8. The number of nitrogens with zero attached hydrogens (tertiary/aromatic N) is 1. The fourth-order valence-electron chi connectivity index (χ4n) is 5.29. The van der Waals surface area contributed by atoms with E-state index in [2.05, 4.69) is 31.0 Å². The molecule has 1 aliphatic rings. The van der Waals surface area contributed by atoms with Gasteiger partial charge in [0.2, 0.25) is 0 Å². The van der Waals surface area contributed by atoms with Crippen molar-refractivity contribution in [2.45, 2.75) is 116 Å². The Labute approximate surface area is 196 Å². The Morgan fingerprint density at radius 2 is 1.53 bits per heavy atom. The summed E-state index contributed by atoms with van der Waals surface area (Å²) in [5, 5.41) is 0. The van der Waals surface area contributed by atoms with Gasteiger partial charge in [0.1, 0.15) is 5.82 Å². The molecule has 1 saturated carbocycles. The lowest BCUT2D eigenvalue weighted by Crippen LogP contribution is -2.13.